The molecular formula is C13H25N3O2. The van der Waals surface area contributed by atoms with Gasteiger partial charge in [0.15, 0.2) is 0 Å². The van der Waals surface area contributed by atoms with Crippen LogP contribution < -0.4 is 11.1 Å². The van der Waals surface area contributed by atoms with E-state index in [9.17, 15) is 9.59 Å². The van der Waals surface area contributed by atoms with Gasteiger partial charge < -0.3 is 16.0 Å². The molecule has 5 heteroatoms. The van der Waals surface area contributed by atoms with Crippen LogP contribution >= 0.6 is 0 Å². The topological polar surface area (TPSA) is 75.4 Å². The number of nitrogens with one attached hydrogen (secondary N) is 1. The van der Waals surface area contributed by atoms with Gasteiger partial charge in [0.05, 0.1) is 6.54 Å². The zero-order valence-corrected chi connectivity index (χ0v) is 11.7. The fourth-order valence-electron chi connectivity index (χ4n) is 2.08. The molecule has 1 unspecified atom stereocenters. The highest BCUT2D eigenvalue weighted by atomic mass is 16.2. The van der Waals surface area contributed by atoms with Gasteiger partial charge in [-0.15, -0.1) is 0 Å². The molecule has 0 aliphatic carbocycles. The quantitative estimate of drug-likeness (QED) is 0.761. The largest absolute Gasteiger partial charge is 0.347 e. The lowest BCUT2D eigenvalue weighted by molar-refractivity contribution is -0.132. The Morgan fingerprint density at radius 2 is 2.06 bits per heavy atom. The summed E-state index contributed by atoms with van der Waals surface area (Å²) in [6.07, 6.45) is 1.41. The highest BCUT2D eigenvalue weighted by Crippen LogP contribution is 2.18. The lowest BCUT2D eigenvalue weighted by Gasteiger charge is -2.19. The summed E-state index contributed by atoms with van der Waals surface area (Å²) in [5, 5.41) is 2.69. The smallest absolute Gasteiger partial charge is 0.241 e. The van der Waals surface area contributed by atoms with Crippen molar-refractivity contribution in [2.45, 2.75) is 33.6 Å². The second-order valence-electron chi connectivity index (χ2n) is 6.24. The van der Waals surface area contributed by atoms with Crippen LogP contribution in [0, 0.1) is 11.3 Å². The molecule has 0 saturated carbocycles. The standard InChI is InChI=1S/C13H25N3O2/c1-13(2,3)6-11(17)15-8-12(18)16-5-4-10(7-14)9-16/h10H,4-9,14H2,1-3H3,(H,15,17). The number of likely N-dealkylation sites (tertiary alicyclic amines) is 1. The van der Waals surface area contributed by atoms with Gasteiger partial charge >= 0.3 is 0 Å². The minimum absolute atomic E-state index is 0.00629. The predicted octanol–water partition coefficient (Wildman–Crippen LogP) is 0.346. The second kappa shape index (κ2) is 6.18. The number of nitrogens with zero attached hydrogens (tertiary/aromatic N) is 1. The van der Waals surface area contributed by atoms with E-state index in [4.69, 9.17) is 5.73 Å². The molecule has 0 aromatic rings. The van der Waals surface area contributed by atoms with E-state index in [0.29, 0.717) is 18.9 Å². The third-order valence-corrected chi connectivity index (χ3v) is 3.10. The van der Waals surface area contributed by atoms with Gasteiger partial charge in [0.2, 0.25) is 11.8 Å². The van der Waals surface area contributed by atoms with Gasteiger partial charge in [0, 0.05) is 19.5 Å². The molecule has 1 atom stereocenters. The first-order chi connectivity index (χ1) is 8.31. The summed E-state index contributed by atoms with van der Waals surface area (Å²) in [5.74, 6) is 0.345. The first-order valence-corrected chi connectivity index (χ1v) is 6.56. The second-order valence-corrected chi connectivity index (χ2v) is 6.24. The van der Waals surface area contributed by atoms with Crippen LogP contribution in [0.15, 0.2) is 0 Å². The molecule has 0 radical (unpaired) electrons. The molecule has 1 fully saturated rings. The molecular weight excluding hydrogens is 230 g/mol. The van der Waals surface area contributed by atoms with Crippen molar-refractivity contribution in [3.05, 3.63) is 0 Å². The zero-order valence-electron chi connectivity index (χ0n) is 11.7. The van der Waals surface area contributed by atoms with Crippen LogP contribution in [-0.2, 0) is 9.59 Å². The molecule has 0 aromatic carbocycles. The van der Waals surface area contributed by atoms with E-state index >= 15 is 0 Å². The highest BCUT2D eigenvalue weighted by Gasteiger charge is 2.25. The fourth-order valence-corrected chi connectivity index (χ4v) is 2.08. The van der Waals surface area contributed by atoms with Gasteiger partial charge in [-0.2, -0.15) is 0 Å². The third kappa shape index (κ3) is 5.04. The summed E-state index contributed by atoms with van der Waals surface area (Å²) >= 11 is 0. The van der Waals surface area contributed by atoms with Crippen molar-refractivity contribution < 1.29 is 9.59 Å². The summed E-state index contributed by atoms with van der Waals surface area (Å²) in [4.78, 5) is 25.2. The van der Waals surface area contributed by atoms with Crippen molar-refractivity contribution in [3.8, 4) is 0 Å². The summed E-state index contributed by atoms with van der Waals surface area (Å²) in [5.41, 5.74) is 5.53. The van der Waals surface area contributed by atoms with E-state index in [1.807, 2.05) is 20.8 Å². The van der Waals surface area contributed by atoms with Crippen LogP contribution in [0.3, 0.4) is 0 Å². The normalized spacial score (nSPS) is 20.0. The van der Waals surface area contributed by atoms with Crippen LogP contribution in [-0.4, -0.2) is 42.9 Å². The number of hydrogen-bond donors (Lipinski definition) is 2. The Bertz CT molecular complexity index is 310. The number of nitrogens with two attached hydrogens (primary N) is 1. The monoisotopic (exact) mass is 255 g/mol. The van der Waals surface area contributed by atoms with Crippen LogP contribution in [0.25, 0.3) is 0 Å². The van der Waals surface area contributed by atoms with Crippen molar-refractivity contribution in [3.63, 3.8) is 0 Å². The van der Waals surface area contributed by atoms with Crippen molar-refractivity contribution in [2.75, 3.05) is 26.2 Å². The molecule has 1 rings (SSSR count). The molecule has 0 aromatic heterocycles. The van der Waals surface area contributed by atoms with Crippen LogP contribution in [0.4, 0.5) is 0 Å². The molecule has 1 heterocycles. The number of rotatable bonds is 4. The maximum atomic E-state index is 11.8. The molecule has 1 saturated heterocycles. The van der Waals surface area contributed by atoms with E-state index in [1.165, 1.54) is 0 Å². The molecule has 0 bridgehead atoms. The SMILES string of the molecule is CC(C)(C)CC(=O)NCC(=O)N1CCC(CN)C1. The number of carbonyl (C=O) groups excluding carboxylic acids is 2. The minimum atomic E-state index is -0.0644. The number of carbonyl (C=O) groups is 2. The first kappa shape index (κ1) is 15.0. The highest BCUT2D eigenvalue weighted by molar-refractivity contribution is 5.85. The van der Waals surface area contributed by atoms with E-state index in [0.717, 1.165) is 19.5 Å². The zero-order chi connectivity index (χ0) is 13.8. The minimum Gasteiger partial charge on any atom is -0.347 e. The maximum absolute atomic E-state index is 11.8. The van der Waals surface area contributed by atoms with E-state index in [-0.39, 0.29) is 23.8 Å². The van der Waals surface area contributed by atoms with Gasteiger partial charge in [-0.25, -0.2) is 0 Å². The van der Waals surface area contributed by atoms with Crippen LogP contribution in [0.2, 0.25) is 0 Å². The molecule has 1 aliphatic heterocycles. The predicted molar refractivity (Wildman–Crippen MR) is 70.8 cm³/mol. The fraction of sp³-hybridized carbons (Fsp3) is 0.846. The Balaban J connectivity index is 2.27. The summed E-state index contributed by atoms with van der Waals surface area (Å²) < 4.78 is 0. The van der Waals surface area contributed by atoms with Crippen molar-refractivity contribution in [2.24, 2.45) is 17.1 Å². The molecule has 0 spiro atoms. The van der Waals surface area contributed by atoms with E-state index in [1.54, 1.807) is 4.90 Å². The number of amides is 2. The molecule has 104 valence electrons. The van der Waals surface area contributed by atoms with Gasteiger partial charge in [-0.3, -0.25) is 9.59 Å². The van der Waals surface area contributed by atoms with Gasteiger partial charge in [0.1, 0.15) is 0 Å². The molecule has 5 nitrogen and oxygen atoms in total. The molecule has 18 heavy (non-hydrogen) atoms. The van der Waals surface area contributed by atoms with Gasteiger partial charge in [-0.05, 0) is 24.3 Å². The summed E-state index contributed by atoms with van der Waals surface area (Å²) in [6, 6.07) is 0. The van der Waals surface area contributed by atoms with Gasteiger partial charge in [0.25, 0.3) is 0 Å². The molecule has 1 aliphatic rings. The Morgan fingerprint density at radius 3 is 2.56 bits per heavy atom. The van der Waals surface area contributed by atoms with Crippen molar-refractivity contribution in [1.29, 1.82) is 0 Å². The summed E-state index contributed by atoms with van der Waals surface area (Å²) in [7, 11) is 0. The molecule has 2 amide bonds. The maximum Gasteiger partial charge on any atom is 0.241 e. The Labute approximate surface area is 109 Å². The average Bonchev–Trinajstić information content (AvgIpc) is 2.72. The summed E-state index contributed by atoms with van der Waals surface area (Å²) in [6.45, 7) is 8.22. The number of hydrogen-bond acceptors (Lipinski definition) is 3. The van der Waals surface area contributed by atoms with Gasteiger partial charge in [-0.1, -0.05) is 20.8 Å². The lowest BCUT2D eigenvalue weighted by atomic mass is 9.92. The average molecular weight is 255 g/mol. The first-order valence-electron chi connectivity index (χ1n) is 6.56. The lowest BCUT2D eigenvalue weighted by Crippen LogP contribution is -2.40. The molecule has 3 N–H and O–H groups in total. The van der Waals surface area contributed by atoms with Crippen molar-refractivity contribution >= 4 is 11.8 Å². The van der Waals surface area contributed by atoms with Crippen molar-refractivity contribution in [1.82, 2.24) is 10.2 Å². The Hall–Kier alpha value is -1.10. The van der Waals surface area contributed by atoms with E-state index in [2.05, 4.69) is 5.32 Å². The Morgan fingerprint density at radius 1 is 1.39 bits per heavy atom. The third-order valence-electron chi connectivity index (χ3n) is 3.10. The van der Waals surface area contributed by atoms with Crippen LogP contribution in [0.1, 0.15) is 33.6 Å². The van der Waals surface area contributed by atoms with E-state index < -0.39 is 0 Å². The van der Waals surface area contributed by atoms with Crippen LogP contribution in [0.5, 0.6) is 0 Å². The Kier molecular flexibility index (Phi) is 5.14.